The Morgan fingerprint density at radius 1 is 0.667 bits per heavy atom. The van der Waals surface area contributed by atoms with E-state index in [0.717, 1.165) is 5.69 Å². The van der Waals surface area contributed by atoms with E-state index in [1.807, 2.05) is 40.8 Å². The zero-order valence-electron chi connectivity index (χ0n) is 12.5. The molecule has 18 heavy (non-hydrogen) atoms. The molecular weight excluding hydrogens is 218 g/mol. The number of pyridine rings is 1. The summed E-state index contributed by atoms with van der Waals surface area (Å²) in [7, 11) is 0. The average molecular weight is 243 g/mol. The molecule has 0 fully saturated rings. The molecule has 1 heterocycles. The minimum absolute atomic E-state index is 1.04. The fraction of sp³-hybridized carbons (Fsp3) is 0.353. The molecule has 2 rings (SSSR count). The van der Waals surface area contributed by atoms with Crippen molar-refractivity contribution in [3.05, 3.63) is 53.7 Å². The molecule has 0 amide bonds. The van der Waals surface area contributed by atoms with Gasteiger partial charge in [-0.15, -0.1) is 0 Å². The number of aromatic nitrogens is 1. The fourth-order valence-electron chi connectivity index (χ4n) is 1.36. The van der Waals surface area contributed by atoms with Gasteiger partial charge in [0.2, 0.25) is 0 Å². The molecule has 1 aromatic carbocycles. The zero-order chi connectivity index (χ0) is 14.0. The molecule has 1 aromatic heterocycles. The van der Waals surface area contributed by atoms with Crippen molar-refractivity contribution >= 4 is 0 Å². The maximum absolute atomic E-state index is 4.38. The summed E-state index contributed by atoms with van der Waals surface area (Å²) < 4.78 is 0. The van der Waals surface area contributed by atoms with Crippen LogP contribution in [-0.2, 0) is 0 Å². The standard InChI is InChI=1S/C13H13N.2C2H6/c1-10-3-6-12(7-4-10)13-8-5-11(2)9-14-13;2*1-2/h3-9H,1-2H3;2*1-2H3. The summed E-state index contributed by atoms with van der Waals surface area (Å²) in [6, 6.07) is 12.6. The molecule has 1 nitrogen and oxygen atoms in total. The third-order valence-corrected chi connectivity index (χ3v) is 2.26. The van der Waals surface area contributed by atoms with Gasteiger partial charge >= 0.3 is 0 Å². The minimum atomic E-state index is 1.04. The molecule has 1 heteroatoms. The van der Waals surface area contributed by atoms with Gasteiger partial charge in [-0.2, -0.15) is 0 Å². The Morgan fingerprint density at radius 2 is 1.17 bits per heavy atom. The van der Waals surface area contributed by atoms with Crippen LogP contribution in [0.2, 0.25) is 0 Å². The Kier molecular flexibility index (Phi) is 8.55. The SMILES string of the molecule is CC.CC.Cc1ccc(-c2ccc(C)cn2)cc1. The second kappa shape index (κ2) is 9.41. The van der Waals surface area contributed by atoms with Crippen LogP contribution in [0, 0.1) is 13.8 Å². The number of rotatable bonds is 1. The lowest BCUT2D eigenvalue weighted by atomic mass is 10.1. The van der Waals surface area contributed by atoms with Gasteiger partial charge in [0.05, 0.1) is 5.69 Å². The lowest BCUT2D eigenvalue weighted by Crippen LogP contribution is -1.83. The molecule has 0 spiro atoms. The zero-order valence-corrected chi connectivity index (χ0v) is 12.5. The van der Waals surface area contributed by atoms with E-state index in [0.29, 0.717) is 0 Å². The van der Waals surface area contributed by atoms with Gasteiger partial charge in [0.15, 0.2) is 0 Å². The van der Waals surface area contributed by atoms with Gasteiger partial charge in [-0.1, -0.05) is 63.6 Å². The summed E-state index contributed by atoms with van der Waals surface area (Å²) in [6.45, 7) is 12.1. The van der Waals surface area contributed by atoms with Crippen LogP contribution >= 0.6 is 0 Å². The molecule has 0 aliphatic rings. The van der Waals surface area contributed by atoms with E-state index in [1.54, 1.807) is 0 Å². The quantitative estimate of drug-likeness (QED) is 0.652. The van der Waals surface area contributed by atoms with E-state index in [2.05, 4.69) is 48.3 Å². The maximum atomic E-state index is 4.38. The van der Waals surface area contributed by atoms with Crippen LogP contribution in [0.15, 0.2) is 42.6 Å². The van der Waals surface area contributed by atoms with Crippen LogP contribution in [0.1, 0.15) is 38.8 Å². The molecular formula is C17H25N. The first-order chi connectivity index (χ1) is 8.75. The van der Waals surface area contributed by atoms with Crippen molar-refractivity contribution in [2.45, 2.75) is 41.5 Å². The van der Waals surface area contributed by atoms with Crippen molar-refractivity contribution in [3.8, 4) is 11.3 Å². The normalized spacial score (nSPS) is 8.56. The predicted octanol–water partition coefficient (Wildman–Crippen LogP) is 5.42. The van der Waals surface area contributed by atoms with Gasteiger partial charge in [-0.05, 0) is 25.5 Å². The first-order valence-corrected chi connectivity index (χ1v) is 6.75. The van der Waals surface area contributed by atoms with Crippen LogP contribution < -0.4 is 0 Å². The third-order valence-electron chi connectivity index (χ3n) is 2.26. The highest BCUT2D eigenvalue weighted by Crippen LogP contribution is 2.17. The molecule has 0 aliphatic heterocycles. The number of hydrogen-bond donors (Lipinski definition) is 0. The Bertz CT molecular complexity index is 369. The second-order valence-electron chi connectivity index (χ2n) is 3.59. The van der Waals surface area contributed by atoms with Crippen LogP contribution in [0.4, 0.5) is 0 Å². The lowest BCUT2D eigenvalue weighted by Gasteiger charge is -2.01. The Morgan fingerprint density at radius 3 is 1.61 bits per heavy atom. The Balaban J connectivity index is 0.000000659. The molecule has 0 radical (unpaired) electrons. The summed E-state index contributed by atoms with van der Waals surface area (Å²) in [6.07, 6.45) is 1.90. The molecule has 0 bridgehead atoms. The lowest BCUT2D eigenvalue weighted by molar-refractivity contribution is 1.27. The molecule has 0 saturated carbocycles. The van der Waals surface area contributed by atoms with Crippen molar-refractivity contribution in [3.63, 3.8) is 0 Å². The van der Waals surface area contributed by atoms with Gasteiger partial charge < -0.3 is 0 Å². The van der Waals surface area contributed by atoms with E-state index in [4.69, 9.17) is 0 Å². The third kappa shape index (κ3) is 5.13. The first-order valence-electron chi connectivity index (χ1n) is 6.75. The minimum Gasteiger partial charge on any atom is -0.256 e. The number of benzene rings is 1. The van der Waals surface area contributed by atoms with E-state index < -0.39 is 0 Å². The number of hydrogen-bond acceptors (Lipinski definition) is 1. The molecule has 0 atom stereocenters. The van der Waals surface area contributed by atoms with Crippen LogP contribution in [-0.4, -0.2) is 4.98 Å². The van der Waals surface area contributed by atoms with Crippen LogP contribution in [0.3, 0.4) is 0 Å². The van der Waals surface area contributed by atoms with Gasteiger partial charge in [0.1, 0.15) is 0 Å². The number of aryl methyl sites for hydroxylation is 2. The van der Waals surface area contributed by atoms with Crippen molar-refractivity contribution in [2.75, 3.05) is 0 Å². The number of nitrogens with zero attached hydrogens (tertiary/aromatic N) is 1. The molecule has 0 unspecified atom stereocenters. The second-order valence-corrected chi connectivity index (χ2v) is 3.59. The highest BCUT2D eigenvalue weighted by atomic mass is 14.7. The van der Waals surface area contributed by atoms with E-state index in [1.165, 1.54) is 16.7 Å². The van der Waals surface area contributed by atoms with Gasteiger partial charge in [-0.25, -0.2) is 0 Å². The summed E-state index contributed by atoms with van der Waals surface area (Å²) in [5.41, 5.74) is 4.69. The fourth-order valence-corrected chi connectivity index (χ4v) is 1.36. The maximum Gasteiger partial charge on any atom is 0.0702 e. The highest BCUT2D eigenvalue weighted by molar-refractivity contribution is 5.59. The monoisotopic (exact) mass is 243 g/mol. The molecule has 2 aromatic rings. The topological polar surface area (TPSA) is 12.9 Å². The average Bonchev–Trinajstić information content (AvgIpc) is 2.45. The van der Waals surface area contributed by atoms with E-state index in [-0.39, 0.29) is 0 Å². The van der Waals surface area contributed by atoms with Crippen molar-refractivity contribution in [1.82, 2.24) is 4.98 Å². The van der Waals surface area contributed by atoms with Gasteiger partial charge in [0, 0.05) is 11.8 Å². The van der Waals surface area contributed by atoms with Crippen molar-refractivity contribution < 1.29 is 0 Å². The Labute approximate surface area is 112 Å². The summed E-state index contributed by atoms with van der Waals surface area (Å²) in [4.78, 5) is 4.38. The highest BCUT2D eigenvalue weighted by Gasteiger charge is 1.97. The van der Waals surface area contributed by atoms with Crippen LogP contribution in [0.5, 0.6) is 0 Å². The van der Waals surface area contributed by atoms with Crippen LogP contribution in [0.25, 0.3) is 11.3 Å². The first kappa shape index (κ1) is 16.4. The van der Waals surface area contributed by atoms with Gasteiger partial charge in [-0.3, -0.25) is 4.98 Å². The smallest absolute Gasteiger partial charge is 0.0702 e. The Hall–Kier alpha value is -1.63. The largest absolute Gasteiger partial charge is 0.256 e. The van der Waals surface area contributed by atoms with Gasteiger partial charge in [0.25, 0.3) is 0 Å². The molecule has 98 valence electrons. The molecule has 0 N–H and O–H groups in total. The van der Waals surface area contributed by atoms with E-state index >= 15 is 0 Å². The van der Waals surface area contributed by atoms with Crippen molar-refractivity contribution in [2.24, 2.45) is 0 Å². The van der Waals surface area contributed by atoms with Crippen molar-refractivity contribution in [1.29, 1.82) is 0 Å². The summed E-state index contributed by atoms with van der Waals surface area (Å²) in [5, 5.41) is 0. The van der Waals surface area contributed by atoms with E-state index in [9.17, 15) is 0 Å². The summed E-state index contributed by atoms with van der Waals surface area (Å²) >= 11 is 0. The predicted molar refractivity (Wildman–Crippen MR) is 81.8 cm³/mol. The summed E-state index contributed by atoms with van der Waals surface area (Å²) in [5.74, 6) is 0. The molecule has 0 saturated heterocycles. The molecule has 0 aliphatic carbocycles.